The van der Waals surface area contributed by atoms with Crippen LogP contribution in [0.15, 0.2) is 210 Å². The average Bonchev–Trinajstić information content (AvgIpc) is 3.29. The van der Waals surface area contributed by atoms with E-state index in [1.165, 1.54) is 0 Å². The van der Waals surface area contributed by atoms with Crippen LogP contribution in [0.2, 0.25) is 0 Å². The molecule has 1 aliphatic rings. The topological polar surface area (TPSA) is 53.7 Å². The number of aliphatic imine (C=N–C) groups is 2. The lowest BCUT2D eigenvalue weighted by atomic mass is 9.95. The molecule has 3 heterocycles. The van der Waals surface area contributed by atoms with Gasteiger partial charge in [-0.3, -0.25) is 9.97 Å². The van der Waals surface area contributed by atoms with Gasteiger partial charge >= 0.3 is 0 Å². The third-order valence-electron chi connectivity index (χ3n) is 10.8. The lowest BCUT2D eigenvalue weighted by Crippen LogP contribution is -2.35. The van der Waals surface area contributed by atoms with E-state index in [0.29, 0.717) is 5.84 Å². The molecule has 57 heavy (non-hydrogen) atoms. The van der Waals surface area contributed by atoms with E-state index in [1.807, 2.05) is 18.5 Å². The molecule has 1 unspecified atom stereocenters. The molecular weight excluding hydrogens is 695 g/mol. The minimum atomic E-state index is -0.352. The highest BCUT2D eigenvalue weighted by Crippen LogP contribution is 2.37. The zero-order valence-corrected chi connectivity index (χ0v) is 31.4. The fraction of sp³-hybridized carbons (Fsp3) is 0.0385. The summed E-state index contributed by atoms with van der Waals surface area (Å²) in [6.45, 7) is 0. The van der Waals surface area contributed by atoms with Crippen LogP contribution in [0.25, 0.3) is 66.3 Å². The smallest absolute Gasteiger partial charge is 0.159 e. The maximum absolute atomic E-state index is 5.50. The quantitative estimate of drug-likeness (QED) is 0.164. The number of rotatable bonds is 7. The molecule has 9 aromatic rings. The van der Waals surface area contributed by atoms with Crippen LogP contribution in [-0.2, 0) is 0 Å². The molecule has 270 valence electrons. The van der Waals surface area contributed by atoms with Crippen molar-refractivity contribution in [2.45, 2.75) is 6.17 Å². The van der Waals surface area contributed by atoms with Gasteiger partial charge < -0.3 is 4.90 Å². The number of pyridine rings is 2. The zero-order chi connectivity index (χ0) is 38.1. The summed E-state index contributed by atoms with van der Waals surface area (Å²) < 4.78 is 0. The van der Waals surface area contributed by atoms with Gasteiger partial charge in [0.25, 0.3) is 0 Å². The van der Waals surface area contributed by atoms with E-state index < -0.39 is 0 Å². The highest BCUT2D eigenvalue weighted by molar-refractivity contribution is 6.14. The molecule has 0 saturated heterocycles. The summed E-state index contributed by atoms with van der Waals surface area (Å²) in [5.41, 5.74) is 11.3. The number of amidine groups is 2. The molecule has 1 aliphatic heterocycles. The standard InChI is InChI=1S/C52H37N5/c1-57-51(41-22-12-20-39(30-41)35-14-4-2-5-15-35)55-50(56-52(57)42-23-13-21-40(31-42)36-16-6-3-7-17-36)45-33-43(48-46-24-10-8-18-37(46)26-28-53-48)32-44(34-45)49-47-25-11-9-19-38(47)27-29-54-49/h2-34,51H,1H3. The zero-order valence-electron chi connectivity index (χ0n) is 31.4. The van der Waals surface area contributed by atoms with E-state index >= 15 is 0 Å². The van der Waals surface area contributed by atoms with Gasteiger partial charge in [0, 0.05) is 52.5 Å². The number of benzene rings is 7. The number of hydrogen-bond donors (Lipinski definition) is 0. The first-order valence-electron chi connectivity index (χ1n) is 19.2. The van der Waals surface area contributed by atoms with Crippen molar-refractivity contribution in [3.63, 3.8) is 0 Å². The number of fused-ring (bicyclic) bond motifs is 2. The molecule has 0 radical (unpaired) electrons. The Hall–Kier alpha value is -7.50. The van der Waals surface area contributed by atoms with Crippen LogP contribution < -0.4 is 0 Å². The Bertz CT molecular complexity index is 2880. The van der Waals surface area contributed by atoms with E-state index in [9.17, 15) is 0 Å². The van der Waals surface area contributed by atoms with Crippen molar-refractivity contribution in [3.8, 4) is 44.8 Å². The SMILES string of the molecule is CN1C(c2cccc(-c3ccccc3)c2)=NC(c2cc(-c3nccc4ccccc34)cc(-c3nccc4ccccc34)c2)=NC1c1cccc(-c2ccccc2)c1. The first-order valence-corrected chi connectivity index (χ1v) is 19.2. The predicted octanol–water partition coefficient (Wildman–Crippen LogP) is 12.3. The van der Waals surface area contributed by atoms with Gasteiger partial charge in [0.2, 0.25) is 0 Å². The molecule has 0 saturated carbocycles. The van der Waals surface area contributed by atoms with Crippen molar-refractivity contribution in [1.29, 1.82) is 0 Å². The maximum atomic E-state index is 5.50. The summed E-state index contributed by atoms with van der Waals surface area (Å²) in [6, 6.07) is 65.9. The largest absolute Gasteiger partial charge is 0.333 e. The van der Waals surface area contributed by atoms with Crippen LogP contribution in [0.4, 0.5) is 0 Å². The molecular formula is C52H37N5. The second-order valence-electron chi connectivity index (χ2n) is 14.4. The first-order chi connectivity index (χ1) is 28.2. The minimum absolute atomic E-state index is 0.352. The lowest BCUT2D eigenvalue weighted by molar-refractivity contribution is 0.383. The summed E-state index contributed by atoms with van der Waals surface area (Å²) >= 11 is 0. The molecule has 0 amide bonds. The predicted molar refractivity (Wildman–Crippen MR) is 235 cm³/mol. The summed E-state index contributed by atoms with van der Waals surface area (Å²) in [4.78, 5) is 23.1. The van der Waals surface area contributed by atoms with E-state index in [1.54, 1.807) is 0 Å². The highest BCUT2D eigenvalue weighted by Gasteiger charge is 2.28. The normalized spacial score (nSPS) is 14.1. The minimum Gasteiger partial charge on any atom is -0.333 e. The molecule has 0 fully saturated rings. The van der Waals surface area contributed by atoms with Crippen LogP contribution in [0.3, 0.4) is 0 Å². The van der Waals surface area contributed by atoms with Crippen molar-refractivity contribution >= 4 is 33.2 Å². The fourth-order valence-corrected chi connectivity index (χ4v) is 7.94. The fourth-order valence-electron chi connectivity index (χ4n) is 7.94. The molecule has 1 atom stereocenters. The Labute approximate surface area is 332 Å². The van der Waals surface area contributed by atoms with Crippen molar-refractivity contribution in [3.05, 3.63) is 217 Å². The Kier molecular flexibility index (Phi) is 8.73. The Morgan fingerprint density at radius 3 is 1.49 bits per heavy atom. The van der Waals surface area contributed by atoms with Gasteiger partial charge in [-0.15, -0.1) is 0 Å². The number of hydrogen-bond acceptors (Lipinski definition) is 5. The van der Waals surface area contributed by atoms with Gasteiger partial charge in [-0.2, -0.15) is 0 Å². The van der Waals surface area contributed by atoms with Gasteiger partial charge in [-0.25, -0.2) is 9.98 Å². The van der Waals surface area contributed by atoms with E-state index in [0.717, 1.165) is 88.8 Å². The average molecular weight is 732 g/mol. The molecule has 0 N–H and O–H groups in total. The van der Waals surface area contributed by atoms with Crippen LogP contribution in [0.5, 0.6) is 0 Å². The van der Waals surface area contributed by atoms with Crippen molar-refractivity contribution in [2.24, 2.45) is 9.98 Å². The number of aromatic nitrogens is 2. The third kappa shape index (κ3) is 6.55. The summed E-state index contributed by atoms with van der Waals surface area (Å²) in [6.07, 6.45) is 3.42. The van der Waals surface area contributed by atoms with Crippen LogP contribution >= 0.6 is 0 Å². The van der Waals surface area contributed by atoms with Crippen LogP contribution in [0, 0.1) is 0 Å². The molecule has 10 rings (SSSR count). The van der Waals surface area contributed by atoms with E-state index in [4.69, 9.17) is 20.0 Å². The monoisotopic (exact) mass is 731 g/mol. The summed E-state index contributed by atoms with van der Waals surface area (Å²) in [5, 5.41) is 4.42. The molecule has 5 nitrogen and oxygen atoms in total. The maximum Gasteiger partial charge on any atom is 0.159 e. The second kappa shape index (κ2) is 14.6. The van der Waals surface area contributed by atoms with Gasteiger partial charge in [-0.05, 0) is 81.1 Å². The summed E-state index contributed by atoms with van der Waals surface area (Å²) in [7, 11) is 2.09. The van der Waals surface area contributed by atoms with Crippen molar-refractivity contribution in [1.82, 2.24) is 14.9 Å². The molecule has 0 bridgehead atoms. The highest BCUT2D eigenvalue weighted by atomic mass is 15.3. The first kappa shape index (κ1) is 34.0. The molecule has 5 heteroatoms. The van der Waals surface area contributed by atoms with E-state index in [-0.39, 0.29) is 6.17 Å². The molecule has 7 aromatic carbocycles. The second-order valence-corrected chi connectivity index (χ2v) is 14.4. The van der Waals surface area contributed by atoms with Gasteiger partial charge in [0.1, 0.15) is 5.84 Å². The number of nitrogens with zero attached hydrogens (tertiary/aromatic N) is 5. The van der Waals surface area contributed by atoms with Gasteiger partial charge in [0.05, 0.1) is 11.4 Å². The van der Waals surface area contributed by atoms with Crippen molar-refractivity contribution in [2.75, 3.05) is 7.05 Å². The lowest BCUT2D eigenvalue weighted by Gasteiger charge is -2.33. The van der Waals surface area contributed by atoms with Gasteiger partial charge in [0.15, 0.2) is 12.0 Å². The van der Waals surface area contributed by atoms with E-state index in [2.05, 4.69) is 194 Å². The Balaban J connectivity index is 1.20. The van der Waals surface area contributed by atoms with Crippen LogP contribution in [-0.4, -0.2) is 33.6 Å². The Morgan fingerprint density at radius 2 is 0.877 bits per heavy atom. The molecule has 2 aromatic heterocycles. The Morgan fingerprint density at radius 1 is 0.404 bits per heavy atom. The molecule has 0 aliphatic carbocycles. The van der Waals surface area contributed by atoms with Gasteiger partial charge in [-0.1, -0.05) is 146 Å². The van der Waals surface area contributed by atoms with Crippen LogP contribution in [0.1, 0.15) is 22.9 Å². The third-order valence-corrected chi connectivity index (χ3v) is 10.8. The van der Waals surface area contributed by atoms with Crippen molar-refractivity contribution < 1.29 is 0 Å². The summed E-state index contributed by atoms with van der Waals surface area (Å²) in [5.74, 6) is 1.48. The molecule has 0 spiro atoms.